The lowest BCUT2D eigenvalue weighted by Gasteiger charge is -2.21. The van der Waals surface area contributed by atoms with Crippen LogP contribution in [0.1, 0.15) is 24.1 Å². The number of aromatic nitrogens is 1. The number of carbonyl (C=O) groups is 1. The SMILES string of the molecule is CC(NC(=O)N(C)CCc1ccncc1)c1ccccc1. The summed E-state index contributed by atoms with van der Waals surface area (Å²) in [5, 5.41) is 3.01. The summed E-state index contributed by atoms with van der Waals surface area (Å²) >= 11 is 0. The number of hydrogen-bond donors (Lipinski definition) is 1. The van der Waals surface area contributed by atoms with Crippen LogP contribution in [0.2, 0.25) is 0 Å². The predicted molar refractivity (Wildman–Crippen MR) is 84.0 cm³/mol. The molecule has 1 aromatic heterocycles. The topological polar surface area (TPSA) is 45.2 Å². The average Bonchev–Trinajstić information content (AvgIpc) is 2.54. The van der Waals surface area contributed by atoms with Gasteiger partial charge in [0, 0.05) is 26.0 Å². The van der Waals surface area contributed by atoms with Crippen LogP contribution < -0.4 is 5.32 Å². The van der Waals surface area contributed by atoms with E-state index < -0.39 is 0 Å². The molecule has 0 aliphatic heterocycles. The highest BCUT2D eigenvalue weighted by molar-refractivity contribution is 5.74. The van der Waals surface area contributed by atoms with E-state index in [9.17, 15) is 4.79 Å². The molecule has 0 saturated heterocycles. The van der Waals surface area contributed by atoms with Gasteiger partial charge in [0.2, 0.25) is 0 Å². The molecule has 4 heteroatoms. The van der Waals surface area contributed by atoms with E-state index in [0.29, 0.717) is 6.54 Å². The normalized spacial score (nSPS) is 11.7. The van der Waals surface area contributed by atoms with Gasteiger partial charge in [-0.1, -0.05) is 30.3 Å². The Morgan fingerprint density at radius 3 is 2.52 bits per heavy atom. The van der Waals surface area contributed by atoms with Gasteiger partial charge in [0.15, 0.2) is 0 Å². The quantitative estimate of drug-likeness (QED) is 0.916. The molecule has 0 saturated carbocycles. The van der Waals surface area contributed by atoms with Crippen LogP contribution in [0.5, 0.6) is 0 Å². The summed E-state index contributed by atoms with van der Waals surface area (Å²) in [6, 6.07) is 13.8. The molecule has 1 heterocycles. The Kier molecular flexibility index (Phi) is 5.32. The van der Waals surface area contributed by atoms with Crippen molar-refractivity contribution in [1.82, 2.24) is 15.2 Å². The van der Waals surface area contributed by atoms with Crippen molar-refractivity contribution in [2.24, 2.45) is 0 Å². The smallest absolute Gasteiger partial charge is 0.317 e. The second-order valence-corrected chi connectivity index (χ2v) is 5.11. The van der Waals surface area contributed by atoms with Crippen molar-refractivity contribution in [2.45, 2.75) is 19.4 Å². The number of pyridine rings is 1. The van der Waals surface area contributed by atoms with E-state index in [1.54, 1.807) is 17.3 Å². The Labute approximate surface area is 125 Å². The molecular weight excluding hydrogens is 262 g/mol. The number of urea groups is 1. The molecule has 2 amide bonds. The lowest BCUT2D eigenvalue weighted by molar-refractivity contribution is 0.206. The third-order valence-corrected chi connectivity index (χ3v) is 3.47. The summed E-state index contributed by atoms with van der Waals surface area (Å²) in [5.41, 5.74) is 2.29. The van der Waals surface area contributed by atoms with Crippen LogP contribution in [0.3, 0.4) is 0 Å². The summed E-state index contributed by atoms with van der Waals surface area (Å²) in [5.74, 6) is 0. The maximum atomic E-state index is 12.2. The first-order chi connectivity index (χ1) is 10.2. The largest absolute Gasteiger partial charge is 0.331 e. The van der Waals surface area contributed by atoms with Crippen molar-refractivity contribution in [2.75, 3.05) is 13.6 Å². The van der Waals surface area contributed by atoms with Crippen LogP contribution in [0.4, 0.5) is 4.79 Å². The van der Waals surface area contributed by atoms with Gasteiger partial charge in [-0.25, -0.2) is 4.79 Å². The molecular formula is C17H21N3O. The van der Waals surface area contributed by atoms with Crippen molar-refractivity contribution in [3.63, 3.8) is 0 Å². The lowest BCUT2D eigenvalue weighted by Crippen LogP contribution is -2.39. The second-order valence-electron chi connectivity index (χ2n) is 5.11. The molecule has 0 radical (unpaired) electrons. The number of hydrogen-bond acceptors (Lipinski definition) is 2. The average molecular weight is 283 g/mol. The van der Waals surface area contributed by atoms with E-state index in [0.717, 1.165) is 12.0 Å². The van der Waals surface area contributed by atoms with Crippen molar-refractivity contribution < 1.29 is 4.79 Å². The Morgan fingerprint density at radius 2 is 1.86 bits per heavy atom. The number of rotatable bonds is 5. The van der Waals surface area contributed by atoms with Gasteiger partial charge >= 0.3 is 6.03 Å². The fourth-order valence-electron chi connectivity index (χ4n) is 2.07. The summed E-state index contributed by atoms with van der Waals surface area (Å²) in [6.07, 6.45) is 4.37. The molecule has 1 N–H and O–H groups in total. The molecule has 2 aromatic rings. The number of amides is 2. The van der Waals surface area contributed by atoms with Crippen molar-refractivity contribution in [3.05, 3.63) is 66.0 Å². The van der Waals surface area contributed by atoms with Gasteiger partial charge in [0.1, 0.15) is 0 Å². The van der Waals surface area contributed by atoms with Gasteiger partial charge in [0.25, 0.3) is 0 Å². The summed E-state index contributed by atoms with van der Waals surface area (Å²) in [6.45, 7) is 2.67. The van der Waals surface area contributed by atoms with Crippen molar-refractivity contribution in [1.29, 1.82) is 0 Å². The molecule has 1 unspecified atom stereocenters. The molecule has 0 aliphatic carbocycles. The Bertz CT molecular complexity index is 557. The molecule has 4 nitrogen and oxygen atoms in total. The zero-order valence-corrected chi connectivity index (χ0v) is 12.5. The van der Waals surface area contributed by atoms with Gasteiger partial charge in [-0.2, -0.15) is 0 Å². The molecule has 0 spiro atoms. The Morgan fingerprint density at radius 1 is 1.19 bits per heavy atom. The van der Waals surface area contributed by atoms with Crippen LogP contribution >= 0.6 is 0 Å². The van der Waals surface area contributed by atoms with E-state index >= 15 is 0 Å². The fourth-order valence-corrected chi connectivity index (χ4v) is 2.07. The van der Waals surface area contributed by atoms with E-state index in [-0.39, 0.29) is 12.1 Å². The minimum absolute atomic E-state index is 0.00192. The van der Waals surface area contributed by atoms with Gasteiger partial charge < -0.3 is 10.2 Å². The van der Waals surface area contributed by atoms with Gasteiger partial charge in [-0.15, -0.1) is 0 Å². The van der Waals surface area contributed by atoms with Crippen LogP contribution in [0, 0.1) is 0 Å². The van der Waals surface area contributed by atoms with E-state index in [1.165, 1.54) is 5.56 Å². The first kappa shape index (κ1) is 15.0. The highest BCUT2D eigenvalue weighted by Crippen LogP contribution is 2.11. The number of carbonyl (C=O) groups excluding carboxylic acids is 1. The van der Waals surface area contributed by atoms with E-state index in [2.05, 4.69) is 10.3 Å². The minimum atomic E-state index is -0.0552. The molecule has 21 heavy (non-hydrogen) atoms. The number of nitrogens with zero attached hydrogens (tertiary/aromatic N) is 2. The Balaban J connectivity index is 1.82. The summed E-state index contributed by atoms with van der Waals surface area (Å²) in [4.78, 5) is 17.8. The molecule has 0 bridgehead atoms. The molecule has 2 rings (SSSR count). The first-order valence-electron chi connectivity index (χ1n) is 7.12. The monoisotopic (exact) mass is 283 g/mol. The zero-order chi connectivity index (χ0) is 15.1. The van der Waals surface area contributed by atoms with Crippen LogP contribution in [-0.2, 0) is 6.42 Å². The molecule has 1 aromatic carbocycles. The highest BCUT2D eigenvalue weighted by Gasteiger charge is 2.12. The van der Waals surface area contributed by atoms with E-state index in [4.69, 9.17) is 0 Å². The number of benzene rings is 1. The fraction of sp³-hybridized carbons (Fsp3) is 0.294. The predicted octanol–water partition coefficient (Wildman–Crippen LogP) is 3.03. The highest BCUT2D eigenvalue weighted by atomic mass is 16.2. The van der Waals surface area contributed by atoms with Crippen LogP contribution in [0.25, 0.3) is 0 Å². The number of nitrogens with one attached hydrogen (secondary N) is 1. The van der Waals surface area contributed by atoms with Crippen molar-refractivity contribution in [3.8, 4) is 0 Å². The standard InChI is InChI=1S/C17H21N3O/c1-14(16-6-4-3-5-7-16)19-17(21)20(2)13-10-15-8-11-18-12-9-15/h3-9,11-12,14H,10,13H2,1-2H3,(H,19,21). The van der Waals surface area contributed by atoms with Gasteiger partial charge in [-0.05, 0) is 36.6 Å². The van der Waals surface area contributed by atoms with E-state index in [1.807, 2.05) is 56.4 Å². The molecule has 0 fully saturated rings. The number of likely N-dealkylation sites (N-methyl/N-ethyl adjacent to an activating group) is 1. The Hall–Kier alpha value is -2.36. The summed E-state index contributed by atoms with van der Waals surface area (Å²) < 4.78 is 0. The summed E-state index contributed by atoms with van der Waals surface area (Å²) in [7, 11) is 1.81. The minimum Gasteiger partial charge on any atom is -0.331 e. The third kappa shape index (κ3) is 4.60. The zero-order valence-electron chi connectivity index (χ0n) is 12.5. The molecule has 1 atom stereocenters. The maximum absolute atomic E-state index is 12.2. The lowest BCUT2D eigenvalue weighted by atomic mass is 10.1. The maximum Gasteiger partial charge on any atom is 0.317 e. The van der Waals surface area contributed by atoms with Gasteiger partial charge in [0.05, 0.1) is 6.04 Å². The van der Waals surface area contributed by atoms with Gasteiger partial charge in [-0.3, -0.25) is 4.98 Å². The second kappa shape index (κ2) is 7.43. The van der Waals surface area contributed by atoms with Crippen LogP contribution in [0.15, 0.2) is 54.9 Å². The molecule has 0 aliphatic rings. The molecule has 110 valence electrons. The van der Waals surface area contributed by atoms with Crippen LogP contribution in [-0.4, -0.2) is 29.5 Å². The van der Waals surface area contributed by atoms with Crippen molar-refractivity contribution >= 4 is 6.03 Å². The third-order valence-electron chi connectivity index (χ3n) is 3.47. The first-order valence-corrected chi connectivity index (χ1v) is 7.12.